The second kappa shape index (κ2) is 8.71. The molecule has 31 heavy (non-hydrogen) atoms. The number of rotatable bonds is 6. The van der Waals surface area contributed by atoms with E-state index in [1.54, 1.807) is 18.2 Å². The van der Waals surface area contributed by atoms with Gasteiger partial charge in [-0.25, -0.2) is 0 Å². The van der Waals surface area contributed by atoms with Gasteiger partial charge in [-0.1, -0.05) is 42.5 Å². The van der Waals surface area contributed by atoms with Crippen LogP contribution in [0.1, 0.15) is 47.6 Å². The number of fused-ring (bicyclic) bond motifs is 1. The van der Waals surface area contributed by atoms with E-state index in [4.69, 9.17) is 10.5 Å². The second-order valence-corrected chi connectivity index (χ2v) is 7.99. The monoisotopic (exact) mass is 429 g/mol. The van der Waals surface area contributed by atoms with Crippen molar-refractivity contribution in [2.24, 2.45) is 5.73 Å². The first-order valence-corrected chi connectivity index (χ1v) is 10.1. The van der Waals surface area contributed by atoms with Gasteiger partial charge >= 0.3 is 12.1 Å². The maximum atomic E-state index is 13.4. The predicted molar refractivity (Wildman–Crippen MR) is 115 cm³/mol. The van der Waals surface area contributed by atoms with Crippen molar-refractivity contribution in [3.05, 3.63) is 82.4 Å². The Bertz CT molecular complexity index is 1110. The Balaban J connectivity index is 1.89. The molecule has 0 fully saturated rings. The predicted octanol–water partition coefficient (Wildman–Crippen LogP) is 6.17. The third-order valence-corrected chi connectivity index (χ3v) is 5.59. The molecule has 1 atom stereocenters. The Morgan fingerprint density at radius 2 is 1.68 bits per heavy atom. The molecule has 0 aliphatic rings. The number of benzene rings is 3. The number of alkyl halides is 3. The van der Waals surface area contributed by atoms with Crippen molar-refractivity contribution in [3.8, 4) is 0 Å². The summed E-state index contributed by atoms with van der Waals surface area (Å²) in [5, 5.41) is 1.32. The van der Waals surface area contributed by atoms with Gasteiger partial charge in [-0.15, -0.1) is 0 Å². The van der Waals surface area contributed by atoms with Gasteiger partial charge < -0.3 is 4.74 Å². The zero-order valence-electron chi connectivity index (χ0n) is 17.8. The summed E-state index contributed by atoms with van der Waals surface area (Å²) in [5.41, 5.74) is 7.84. The van der Waals surface area contributed by atoms with E-state index >= 15 is 0 Å². The SMILES string of the molecule is CC(=O)OC(N)(CCCc1cc(C(F)(F)F)cc2ccccc12)c1ccc(C)c(C)c1. The van der Waals surface area contributed by atoms with Crippen LogP contribution in [0.3, 0.4) is 0 Å². The molecule has 0 saturated heterocycles. The summed E-state index contributed by atoms with van der Waals surface area (Å²) in [4.78, 5) is 11.7. The Hall–Kier alpha value is -2.86. The van der Waals surface area contributed by atoms with Crippen molar-refractivity contribution in [1.29, 1.82) is 0 Å². The van der Waals surface area contributed by atoms with E-state index in [0.717, 1.165) is 16.5 Å². The first kappa shape index (κ1) is 22.8. The third kappa shape index (κ3) is 5.25. The van der Waals surface area contributed by atoms with E-state index in [2.05, 4.69) is 0 Å². The molecule has 0 aliphatic carbocycles. The zero-order chi connectivity index (χ0) is 22.8. The molecule has 0 bridgehead atoms. The first-order valence-electron chi connectivity index (χ1n) is 10.1. The minimum atomic E-state index is -4.42. The molecule has 0 saturated carbocycles. The average molecular weight is 429 g/mol. The van der Waals surface area contributed by atoms with Gasteiger partial charge in [0.25, 0.3) is 0 Å². The second-order valence-electron chi connectivity index (χ2n) is 7.99. The zero-order valence-corrected chi connectivity index (χ0v) is 17.8. The van der Waals surface area contributed by atoms with Gasteiger partial charge in [0.2, 0.25) is 0 Å². The standard InChI is InChI=1S/C25H26F3NO2/c1-16-10-11-21(13-17(16)2)24(29,31-18(3)30)12-6-8-20-15-22(25(26,27)28)14-19-7-4-5-9-23(19)20/h4-5,7,9-11,13-15H,6,8,12,29H2,1-3H3. The molecular weight excluding hydrogens is 403 g/mol. The highest BCUT2D eigenvalue weighted by molar-refractivity contribution is 5.86. The molecule has 164 valence electrons. The van der Waals surface area contributed by atoms with E-state index in [1.807, 2.05) is 38.1 Å². The van der Waals surface area contributed by atoms with Crippen LogP contribution in [-0.2, 0) is 27.9 Å². The maximum absolute atomic E-state index is 13.4. The average Bonchev–Trinajstić information content (AvgIpc) is 2.68. The van der Waals surface area contributed by atoms with Crippen molar-refractivity contribution in [2.75, 3.05) is 0 Å². The molecule has 0 aliphatic heterocycles. The first-order chi connectivity index (χ1) is 14.5. The fraction of sp³-hybridized carbons (Fsp3) is 0.320. The van der Waals surface area contributed by atoms with Gasteiger partial charge in [-0.2, -0.15) is 13.2 Å². The van der Waals surface area contributed by atoms with Crippen molar-refractivity contribution >= 4 is 16.7 Å². The van der Waals surface area contributed by atoms with Crippen LogP contribution in [0, 0.1) is 13.8 Å². The highest BCUT2D eigenvalue weighted by Gasteiger charge is 2.33. The number of hydrogen-bond donors (Lipinski definition) is 1. The molecule has 3 rings (SSSR count). The molecule has 3 aromatic rings. The molecule has 0 heterocycles. The summed E-state index contributed by atoms with van der Waals surface area (Å²) >= 11 is 0. The molecular formula is C25H26F3NO2. The molecule has 6 heteroatoms. The number of carbonyl (C=O) groups excluding carboxylic acids is 1. The lowest BCUT2D eigenvalue weighted by molar-refractivity contribution is -0.158. The summed E-state index contributed by atoms with van der Waals surface area (Å²) in [7, 11) is 0. The van der Waals surface area contributed by atoms with Crippen LogP contribution in [-0.4, -0.2) is 5.97 Å². The number of nitrogens with two attached hydrogens (primary N) is 1. The van der Waals surface area contributed by atoms with Crippen molar-refractivity contribution in [2.45, 2.75) is 51.9 Å². The van der Waals surface area contributed by atoms with Gasteiger partial charge in [-0.05, 0) is 66.3 Å². The molecule has 1 unspecified atom stereocenters. The van der Waals surface area contributed by atoms with Gasteiger partial charge in [-0.3, -0.25) is 10.5 Å². The van der Waals surface area contributed by atoms with Crippen molar-refractivity contribution < 1.29 is 22.7 Å². The number of halogens is 3. The van der Waals surface area contributed by atoms with Crippen LogP contribution in [0.25, 0.3) is 10.8 Å². The summed E-state index contributed by atoms with van der Waals surface area (Å²) in [5.74, 6) is -0.509. The lowest BCUT2D eigenvalue weighted by Crippen LogP contribution is -2.41. The van der Waals surface area contributed by atoms with Crippen LogP contribution in [0.4, 0.5) is 13.2 Å². The number of aryl methyl sites for hydroxylation is 3. The van der Waals surface area contributed by atoms with E-state index in [1.165, 1.54) is 19.1 Å². The van der Waals surface area contributed by atoms with E-state index in [0.29, 0.717) is 29.4 Å². The smallest absolute Gasteiger partial charge is 0.416 e. The van der Waals surface area contributed by atoms with E-state index < -0.39 is 23.4 Å². The molecule has 0 amide bonds. The number of hydrogen-bond acceptors (Lipinski definition) is 3. The molecule has 3 nitrogen and oxygen atoms in total. The quantitative estimate of drug-likeness (QED) is 0.376. The molecule has 0 spiro atoms. The maximum Gasteiger partial charge on any atom is 0.416 e. The normalized spacial score (nSPS) is 13.8. The summed E-state index contributed by atoms with van der Waals surface area (Å²) in [6, 6.07) is 15.0. The van der Waals surface area contributed by atoms with Crippen molar-refractivity contribution in [1.82, 2.24) is 0 Å². The number of esters is 1. The fourth-order valence-electron chi connectivity index (χ4n) is 3.82. The molecule has 0 aromatic heterocycles. The Morgan fingerprint density at radius 1 is 0.968 bits per heavy atom. The highest BCUT2D eigenvalue weighted by Crippen LogP contribution is 2.35. The van der Waals surface area contributed by atoms with Crippen molar-refractivity contribution in [3.63, 3.8) is 0 Å². The fourth-order valence-corrected chi connectivity index (χ4v) is 3.82. The van der Waals surface area contributed by atoms with Crippen LogP contribution in [0.15, 0.2) is 54.6 Å². The van der Waals surface area contributed by atoms with Gasteiger partial charge in [0.05, 0.1) is 5.56 Å². The van der Waals surface area contributed by atoms with E-state index in [9.17, 15) is 18.0 Å². The Kier molecular flexibility index (Phi) is 6.41. The minimum absolute atomic E-state index is 0.277. The number of carbonyl (C=O) groups is 1. The van der Waals surface area contributed by atoms with Crippen LogP contribution in [0.2, 0.25) is 0 Å². The van der Waals surface area contributed by atoms with Gasteiger partial charge in [0.15, 0.2) is 5.72 Å². The third-order valence-electron chi connectivity index (χ3n) is 5.59. The molecule has 0 radical (unpaired) electrons. The Morgan fingerprint density at radius 3 is 2.32 bits per heavy atom. The van der Waals surface area contributed by atoms with Crippen LogP contribution >= 0.6 is 0 Å². The summed E-state index contributed by atoms with van der Waals surface area (Å²) in [6.07, 6.45) is -3.33. The van der Waals surface area contributed by atoms with Crippen LogP contribution in [0.5, 0.6) is 0 Å². The lowest BCUT2D eigenvalue weighted by Gasteiger charge is -2.30. The lowest BCUT2D eigenvalue weighted by atomic mass is 9.91. The number of ether oxygens (including phenoxy) is 1. The van der Waals surface area contributed by atoms with E-state index in [-0.39, 0.29) is 6.42 Å². The topological polar surface area (TPSA) is 52.3 Å². The van der Waals surface area contributed by atoms with Gasteiger partial charge in [0, 0.05) is 18.9 Å². The van der Waals surface area contributed by atoms with Crippen LogP contribution < -0.4 is 5.73 Å². The molecule has 3 aromatic carbocycles. The largest absolute Gasteiger partial charge is 0.440 e. The summed E-state index contributed by atoms with van der Waals surface area (Å²) in [6.45, 7) is 5.21. The van der Waals surface area contributed by atoms with Gasteiger partial charge in [0.1, 0.15) is 0 Å². The molecule has 2 N–H and O–H groups in total. The summed E-state index contributed by atoms with van der Waals surface area (Å²) < 4.78 is 45.6. The highest BCUT2D eigenvalue weighted by atomic mass is 19.4. The minimum Gasteiger partial charge on any atom is -0.440 e. The Labute approximate surface area is 180 Å².